The average Bonchev–Trinajstić information content (AvgIpc) is 2.54. The summed E-state index contributed by atoms with van der Waals surface area (Å²) in [5, 5.41) is 3.14. The number of nitrogens with one attached hydrogen (secondary N) is 1. The molecule has 1 aliphatic heterocycles. The van der Waals surface area contributed by atoms with Gasteiger partial charge in [0.15, 0.2) is 5.96 Å². The zero-order valence-electron chi connectivity index (χ0n) is 13.7. The van der Waals surface area contributed by atoms with Crippen molar-refractivity contribution in [3.63, 3.8) is 0 Å². The van der Waals surface area contributed by atoms with Crippen LogP contribution in [0.5, 0.6) is 0 Å². The highest BCUT2D eigenvalue weighted by molar-refractivity contribution is 5.77. The number of morpholine rings is 1. The van der Waals surface area contributed by atoms with Gasteiger partial charge in [-0.1, -0.05) is 36.8 Å². The molecule has 0 saturated carbocycles. The molecule has 1 aromatic rings. The van der Waals surface area contributed by atoms with Crippen LogP contribution in [0.25, 0.3) is 0 Å². The van der Waals surface area contributed by atoms with E-state index in [0.29, 0.717) is 12.5 Å². The Balaban J connectivity index is 2.10. The van der Waals surface area contributed by atoms with Crippen molar-refractivity contribution >= 4 is 5.96 Å². The van der Waals surface area contributed by atoms with Crippen LogP contribution in [0.4, 0.5) is 0 Å². The largest absolute Gasteiger partial charge is 0.379 e. The van der Waals surface area contributed by atoms with Crippen LogP contribution in [0.2, 0.25) is 0 Å². The second kappa shape index (κ2) is 8.76. The molecule has 0 amide bonds. The number of hydrogen-bond acceptors (Lipinski definition) is 3. The zero-order valence-corrected chi connectivity index (χ0v) is 13.7. The number of aryl methyl sites for hydroxylation is 1. The van der Waals surface area contributed by atoms with Crippen LogP contribution in [0.15, 0.2) is 29.3 Å². The first-order chi connectivity index (χ1) is 10.7. The van der Waals surface area contributed by atoms with E-state index >= 15 is 0 Å². The standard InChI is InChI=1S/C17H28N4O/c1-3-7-19-17(18)20-13-16(21-8-10-22-11-9-21)15-6-4-5-14(2)12-15/h4-6,12,16H,3,7-11,13H2,1-2H3,(H3,18,19,20). The van der Waals surface area contributed by atoms with E-state index in [0.717, 1.165) is 39.3 Å². The lowest BCUT2D eigenvalue weighted by atomic mass is 10.0. The summed E-state index contributed by atoms with van der Waals surface area (Å²) in [6.07, 6.45) is 1.04. The number of ether oxygens (including phenoxy) is 1. The summed E-state index contributed by atoms with van der Waals surface area (Å²) in [7, 11) is 0. The Labute approximate surface area is 133 Å². The lowest BCUT2D eigenvalue weighted by molar-refractivity contribution is 0.0180. The van der Waals surface area contributed by atoms with Gasteiger partial charge in [-0.25, -0.2) is 0 Å². The highest BCUT2D eigenvalue weighted by Gasteiger charge is 2.22. The van der Waals surface area contributed by atoms with Gasteiger partial charge < -0.3 is 15.8 Å². The first-order valence-electron chi connectivity index (χ1n) is 8.13. The summed E-state index contributed by atoms with van der Waals surface area (Å²) < 4.78 is 5.47. The molecule has 1 aromatic carbocycles. The molecule has 5 heteroatoms. The quantitative estimate of drug-likeness (QED) is 0.620. The maximum absolute atomic E-state index is 5.94. The lowest BCUT2D eigenvalue weighted by Gasteiger charge is -2.34. The number of rotatable bonds is 6. The third kappa shape index (κ3) is 5.00. The molecule has 0 bridgehead atoms. The molecule has 1 fully saturated rings. The molecule has 1 heterocycles. The maximum atomic E-state index is 5.94. The summed E-state index contributed by atoms with van der Waals surface area (Å²) >= 11 is 0. The molecule has 1 aliphatic rings. The van der Waals surface area contributed by atoms with Crippen LogP contribution in [-0.4, -0.2) is 50.3 Å². The molecule has 0 aromatic heterocycles. The Kier molecular flexibility index (Phi) is 6.68. The van der Waals surface area contributed by atoms with Crippen molar-refractivity contribution in [2.75, 3.05) is 39.4 Å². The van der Waals surface area contributed by atoms with E-state index in [1.54, 1.807) is 0 Å². The third-order valence-electron chi connectivity index (χ3n) is 3.90. The van der Waals surface area contributed by atoms with E-state index < -0.39 is 0 Å². The normalized spacial score (nSPS) is 18.2. The van der Waals surface area contributed by atoms with Gasteiger partial charge in [-0.3, -0.25) is 9.89 Å². The van der Waals surface area contributed by atoms with Gasteiger partial charge in [0.2, 0.25) is 0 Å². The highest BCUT2D eigenvalue weighted by Crippen LogP contribution is 2.23. The first kappa shape index (κ1) is 16.8. The minimum atomic E-state index is 0.255. The van der Waals surface area contributed by atoms with Crippen molar-refractivity contribution in [3.05, 3.63) is 35.4 Å². The van der Waals surface area contributed by atoms with Crippen molar-refractivity contribution in [1.82, 2.24) is 10.2 Å². The topological polar surface area (TPSA) is 62.9 Å². The summed E-state index contributed by atoms with van der Waals surface area (Å²) in [5.41, 5.74) is 8.52. The Bertz CT molecular complexity index is 483. The minimum Gasteiger partial charge on any atom is -0.379 e. The fraction of sp³-hybridized carbons (Fsp3) is 0.588. The molecule has 22 heavy (non-hydrogen) atoms. The molecular formula is C17H28N4O. The van der Waals surface area contributed by atoms with Crippen LogP contribution >= 0.6 is 0 Å². The first-order valence-corrected chi connectivity index (χ1v) is 8.13. The molecule has 0 aliphatic carbocycles. The lowest BCUT2D eigenvalue weighted by Crippen LogP contribution is -2.41. The summed E-state index contributed by atoms with van der Waals surface area (Å²) in [4.78, 5) is 6.98. The Morgan fingerprint density at radius 2 is 2.18 bits per heavy atom. The van der Waals surface area contributed by atoms with Crippen LogP contribution in [0.1, 0.15) is 30.5 Å². The van der Waals surface area contributed by atoms with E-state index in [1.165, 1.54) is 11.1 Å². The molecule has 1 saturated heterocycles. The Morgan fingerprint density at radius 3 is 2.86 bits per heavy atom. The van der Waals surface area contributed by atoms with E-state index in [4.69, 9.17) is 10.5 Å². The SMILES string of the molecule is CCCNC(N)=NCC(c1cccc(C)c1)N1CCOCC1. The average molecular weight is 304 g/mol. The molecule has 2 rings (SSSR count). The van der Waals surface area contributed by atoms with Crippen molar-refractivity contribution < 1.29 is 4.74 Å². The third-order valence-corrected chi connectivity index (χ3v) is 3.90. The molecular weight excluding hydrogens is 276 g/mol. The van der Waals surface area contributed by atoms with Crippen molar-refractivity contribution in [1.29, 1.82) is 0 Å². The summed E-state index contributed by atoms with van der Waals surface area (Å²) in [6, 6.07) is 8.91. The molecule has 0 spiro atoms. The minimum absolute atomic E-state index is 0.255. The Hall–Kier alpha value is -1.59. The molecule has 3 N–H and O–H groups in total. The monoisotopic (exact) mass is 304 g/mol. The molecule has 5 nitrogen and oxygen atoms in total. The van der Waals surface area contributed by atoms with Gasteiger partial charge in [-0.2, -0.15) is 0 Å². The molecule has 122 valence electrons. The summed E-state index contributed by atoms with van der Waals surface area (Å²) in [6.45, 7) is 9.23. The van der Waals surface area contributed by atoms with E-state index in [2.05, 4.69) is 53.3 Å². The number of aliphatic imine (C=N–C) groups is 1. The van der Waals surface area contributed by atoms with Gasteiger partial charge in [-0.15, -0.1) is 0 Å². The molecule has 0 radical (unpaired) electrons. The van der Waals surface area contributed by atoms with E-state index in [-0.39, 0.29) is 6.04 Å². The smallest absolute Gasteiger partial charge is 0.188 e. The van der Waals surface area contributed by atoms with Crippen molar-refractivity contribution in [2.45, 2.75) is 26.3 Å². The molecule has 1 atom stereocenters. The van der Waals surface area contributed by atoms with Crippen LogP contribution < -0.4 is 11.1 Å². The number of benzene rings is 1. The Morgan fingerprint density at radius 1 is 1.41 bits per heavy atom. The van der Waals surface area contributed by atoms with Crippen molar-refractivity contribution in [2.24, 2.45) is 10.7 Å². The zero-order chi connectivity index (χ0) is 15.8. The second-order valence-electron chi connectivity index (χ2n) is 5.73. The van der Waals surface area contributed by atoms with Gasteiger partial charge in [0, 0.05) is 19.6 Å². The van der Waals surface area contributed by atoms with E-state index in [9.17, 15) is 0 Å². The number of guanidine groups is 1. The fourth-order valence-corrected chi connectivity index (χ4v) is 2.69. The number of nitrogens with zero attached hydrogens (tertiary/aromatic N) is 2. The van der Waals surface area contributed by atoms with Crippen molar-refractivity contribution in [3.8, 4) is 0 Å². The maximum Gasteiger partial charge on any atom is 0.188 e. The highest BCUT2D eigenvalue weighted by atomic mass is 16.5. The van der Waals surface area contributed by atoms with Gasteiger partial charge >= 0.3 is 0 Å². The van der Waals surface area contributed by atoms with Crippen LogP contribution in [-0.2, 0) is 4.74 Å². The van der Waals surface area contributed by atoms with Gasteiger partial charge in [0.25, 0.3) is 0 Å². The predicted octanol–water partition coefficient (Wildman–Crippen LogP) is 1.68. The molecule has 1 unspecified atom stereocenters. The van der Waals surface area contributed by atoms with Gasteiger partial charge in [0.05, 0.1) is 25.8 Å². The van der Waals surface area contributed by atoms with Crippen LogP contribution in [0.3, 0.4) is 0 Å². The van der Waals surface area contributed by atoms with Gasteiger partial charge in [0.1, 0.15) is 0 Å². The predicted molar refractivity (Wildman–Crippen MR) is 91.1 cm³/mol. The number of hydrogen-bond donors (Lipinski definition) is 2. The fourth-order valence-electron chi connectivity index (χ4n) is 2.69. The van der Waals surface area contributed by atoms with E-state index in [1.807, 2.05) is 0 Å². The number of nitrogens with two attached hydrogens (primary N) is 1. The second-order valence-corrected chi connectivity index (χ2v) is 5.73. The van der Waals surface area contributed by atoms with Gasteiger partial charge in [-0.05, 0) is 18.9 Å². The van der Waals surface area contributed by atoms with Crippen LogP contribution in [0, 0.1) is 6.92 Å². The summed E-state index contributed by atoms with van der Waals surface area (Å²) in [5.74, 6) is 0.535.